The Morgan fingerprint density at radius 2 is 2.39 bits per heavy atom. The monoisotopic (exact) mass is 373 g/mol. The number of carbonyl (C=O) groups is 1. The Kier molecular flexibility index (Phi) is 6.95. The Bertz CT molecular complexity index is 614. The second-order valence-corrected chi connectivity index (χ2v) is 7.39. The van der Waals surface area contributed by atoms with Crippen LogP contribution in [-0.4, -0.2) is 29.4 Å². The van der Waals surface area contributed by atoms with Gasteiger partial charge in [0.05, 0.1) is 16.3 Å². The van der Waals surface area contributed by atoms with Crippen molar-refractivity contribution in [3.05, 3.63) is 29.3 Å². The maximum Gasteiger partial charge on any atom is 0.230 e. The predicted octanol–water partition coefficient (Wildman–Crippen LogP) is 2.91. The van der Waals surface area contributed by atoms with Crippen LogP contribution >= 0.6 is 35.5 Å². The number of thioether (sulfide) groups is 1. The van der Waals surface area contributed by atoms with E-state index in [0.29, 0.717) is 24.0 Å². The molecule has 23 heavy (non-hydrogen) atoms. The van der Waals surface area contributed by atoms with Crippen LogP contribution in [0.1, 0.15) is 18.5 Å². The van der Waals surface area contributed by atoms with Crippen molar-refractivity contribution in [3.8, 4) is 10.6 Å². The van der Waals surface area contributed by atoms with E-state index in [4.69, 9.17) is 10.3 Å². The summed E-state index contributed by atoms with van der Waals surface area (Å²) < 4.78 is 5.31. The van der Waals surface area contributed by atoms with Crippen molar-refractivity contribution < 1.29 is 9.32 Å². The highest BCUT2D eigenvalue weighted by Gasteiger charge is 2.28. The highest BCUT2D eigenvalue weighted by atomic mass is 35.5. The summed E-state index contributed by atoms with van der Waals surface area (Å²) in [6, 6.07) is 6.02. The molecule has 1 amide bonds. The molecule has 2 aromatic heterocycles. The Labute approximate surface area is 149 Å². The average molecular weight is 374 g/mol. The first-order valence-electron chi connectivity index (χ1n) is 7.32. The molecule has 126 valence electrons. The van der Waals surface area contributed by atoms with Crippen LogP contribution < -0.4 is 11.1 Å². The third-order valence-corrected chi connectivity index (χ3v) is 5.42. The molecule has 1 saturated carbocycles. The number of halogens is 1. The maximum atomic E-state index is 11.7. The predicted molar refractivity (Wildman–Crippen MR) is 96.9 cm³/mol. The molecule has 3 N–H and O–H groups in total. The van der Waals surface area contributed by atoms with Gasteiger partial charge < -0.3 is 15.6 Å². The van der Waals surface area contributed by atoms with E-state index in [0.717, 1.165) is 16.3 Å². The molecule has 5 nitrogen and oxygen atoms in total. The minimum absolute atomic E-state index is 0. The quantitative estimate of drug-likeness (QED) is 0.743. The fourth-order valence-electron chi connectivity index (χ4n) is 2.14. The lowest BCUT2D eigenvalue weighted by Gasteiger charge is -2.11. The summed E-state index contributed by atoms with van der Waals surface area (Å²) in [4.78, 5) is 12.8. The number of amides is 1. The molecule has 2 aromatic rings. The van der Waals surface area contributed by atoms with Gasteiger partial charge in [-0.25, -0.2) is 0 Å². The largest absolute Gasteiger partial charge is 0.355 e. The van der Waals surface area contributed by atoms with Crippen LogP contribution in [0.2, 0.25) is 0 Å². The lowest BCUT2D eigenvalue weighted by molar-refractivity contribution is -0.118. The highest BCUT2D eigenvalue weighted by molar-refractivity contribution is 7.99. The molecule has 1 unspecified atom stereocenters. The van der Waals surface area contributed by atoms with Gasteiger partial charge in [-0.1, -0.05) is 11.2 Å². The van der Waals surface area contributed by atoms with Gasteiger partial charge in [0.15, 0.2) is 5.76 Å². The first kappa shape index (κ1) is 18.3. The van der Waals surface area contributed by atoms with E-state index in [9.17, 15) is 4.79 Å². The zero-order valence-electron chi connectivity index (χ0n) is 12.6. The van der Waals surface area contributed by atoms with Crippen LogP contribution in [0.5, 0.6) is 0 Å². The summed E-state index contributed by atoms with van der Waals surface area (Å²) >= 11 is 3.15. The molecular formula is C15H20ClN3O2S2. The zero-order chi connectivity index (χ0) is 15.4. The molecule has 0 bridgehead atoms. The van der Waals surface area contributed by atoms with E-state index in [2.05, 4.69) is 10.5 Å². The molecule has 1 aliphatic rings. The molecule has 8 heteroatoms. The molecule has 0 radical (unpaired) electrons. The normalized spacial score (nSPS) is 15.0. The van der Waals surface area contributed by atoms with Gasteiger partial charge in [0.25, 0.3) is 0 Å². The number of thiophene rings is 1. The first-order chi connectivity index (χ1) is 10.7. The fraction of sp³-hybridized carbons (Fsp3) is 0.467. The molecule has 2 heterocycles. The minimum atomic E-state index is 0. The number of nitrogens with one attached hydrogen (secondary N) is 1. The Morgan fingerprint density at radius 3 is 3.09 bits per heavy atom. The van der Waals surface area contributed by atoms with E-state index in [-0.39, 0.29) is 24.4 Å². The summed E-state index contributed by atoms with van der Waals surface area (Å²) in [5.41, 5.74) is 6.81. The van der Waals surface area contributed by atoms with Crippen LogP contribution in [0.3, 0.4) is 0 Å². The van der Waals surface area contributed by atoms with Gasteiger partial charge in [0.2, 0.25) is 5.91 Å². The molecule has 3 rings (SSSR count). The SMILES string of the molecule is Cl.NC(CNC(=O)CSCc1cc(-c2cccs2)on1)C1CC1. The van der Waals surface area contributed by atoms with Crippen LogP contribution in [-0.2, 0) is 10.5 Å². The Balaban J connectivity index is 0.00000192. The number of aromatic nitrogens is 1. The van der Waals surface area contributed by atoms with E-state index in [1.165, 1.54) is 24.6 Å². The molecular weight excluding hydrogens is 354 g/mol. The standard InChI is InChI=1S/C15H19N3O2S2.ClH/c16-12(10-3-4-10)7-17-15(19)9-21-8-11-6-13(20-18-11)14-2-1-5-22-14;/h1-2,5-6,10,12H,3-4,7-9,16H2,(H,17,19);1H. The van der Waals surface area contributed by atoms with Crippen LogP contribution in [0.4, 0.5) is 0 Å². The lowest BCUT2D eigenvalue weighted by Crippen LogP contribution is -2.39. The van der Waals surface area contributed by atoms with Crippen LogP contribution in [0.15, 0.2) is 28.1 Å². The minimum Gasteiger partial charge on any atom is -0.355 e. The number of rotatable bonds is 8. The highest BCUT2D eigenvalue weighted by Crippen LogP contribution is 2.31. The van der Waals surface area contributed by atoms with Gasteiger partial charge >= 0.3 is 0 Å². The fourth-order valence-corrected chi connectivity index (χ4v) is 3.54. The average Bonchev–Trinajstić information content (AvgIpc) is 3.02. The van der Waals surface area contributed by atoms with Crippen molar-refractivity contribution in [2.24, 2.45) is 11.7 Å². The topological polar surface area (TPSA) is 81.1 Å². The van der Waals surface area contributed by atoms with E-state index in [1.807, 2.05) is 23.6 Å². The van der Waals surface area contributed by atoms with Gasteiger partial charge in [-0.3, -0.25) is 4.79 Å². The zero-order valence-corrected chi connectivity index (χ0v) is 15.0. The second kappa shape index (κ2) is 8.73. The summed E-state index contributed by atoms with van der Waals surface area (Å²) in [7, 11) is 0. The summed E-state index contributed by atoms with van der Waals surface area (Å²) in [6.45, 7) is 0.580. The number of nitrogens with zero attached hydrogens (tertiary/aromatic N) is 1. The molecule has 0 spiro atoms. The second-order valence-electron chi connectivity index (χ2n) is 5.46. The smallest absolute Gasteiger partial charge is 0.230 e. The van der Waals surface area contributed by atoms with Gasteiger partial charge in [-0.05, 0) is 30.2 Å². The number of hydrogen-bond donors (Lipinski definition) is 2. The maximum absolute atomic E-state index is 11.7. The van der Waals surface area contributed by atoms with Gasteiger partial charge in [-0.2, -0.15) is 0 Å². The van der Waals surface area contributed by atoms with E-state index >= 15 is 0 Å². The molecule has 0 aromatic carbocycles. The van der Waals surface area contributed by atoms with Crippen molar-refractivity contribution in [3.63, 3.8) is 0 Å². The summed E-state index contributed by atoms with van der Waals surface area (Å²) in [5, 5.41) is 8.93. The first-order valence-corrected chi connectivity index (χ1v) is 9.35. The van der Waals surface area contributed by atoms with Gasteiger partial charge in [0, 0.05) is 24.4 Å². The van der Waals surface area contributed by atoms with Crippen molar-refractivity contribution in [1.29, 1.82) is 0 Å². The van der Waals surface area contributed by atoms with E-state index < -0.39 is 0 Å². The van der Waals surface area contributed by atoms with Crippen molar-refractivity contribution in [1.82, 2.24) is 10.5 Å². The molecule has 1 atom stereocenters. The van der Waals surface area contributed by atoms with E-state index in [1.54, 1.807) is 11.3 Å². The Hall–Kier alpha value is -1.02. The van der Waals surface area contributed by atoms with Crippen molar-refractivity contribution >= 4 is 41.4 Å². The molecule has 0 aliphatic heterocycles. The number of carbonyl (C=O) groups excluding carboxylic acids is 1. The number of hydrogen-bond acceptors (Lipinski definition) is 6. The van der Waals surface area contributed by atoms with Crippen molar-refractivity contribution in [2.45, 2.75) is 24.6 Å². The lowest BCUT2D eigenvalue weighted by atomic mass is 10.2. The van der Waals surface area contributed by atoms with Crippen LogP contribution in [0.25, 0.3) is 10.6 Å². The summed E-state index contributed by atoms with van der Waals surface area (Å²) in [6.07, 6.45) is 2.40. The van der Waals surface area contributed by atoms with Crippen molar-refractivity contribution in [2.75, 3.05) is 12.3 Å². The van der Waals surface area contributed by atoms with Gasteiger partial charge in [-0.15, -0.1) is 35.5 Å². The number of nitrogens with two attached hydrogens (primary N) is 1. The Morgan fingerprint density at radius 1 is 1.57 bits per heavy atom. The van der Waals surface area contributed by atoms with Gasteiger partial charge in [0.1, 0.15) is 0 Å². The third-order valence-electron chi connectivity index (χ3n) is 3.57. The van der Waals surface area contributed by atoms with Crippen LogP contribution in [0, 0.1) is 5.92 Å². The third kappa shape index (κ3) is 5.53. The molecule has 0 saturated heterocycles. The molecule has 1 fully saturated rings. The summed E-state index contributed by atoms with van der Waals surface area (Å²) in [5.74, 6) is 2.50. The molecule has 1 aliphatic carbocycles.